The Morgan fingerprint density at radius 2 is 1.84 bits per heavy atom. The summed E-state index contributed by atoms with van der Waals surface area (Å²) in [4.78, 5) is 14.2. The topological polar surface area (TPSA) is 60.7 Å². The molecule has 1 heterocycles. The maximum atomic E-state index is 12.8. The first-order valence-corrected chi connectivity index (χ1v) is 8.64. The number of carbonyl (C=O) groups is 1. The number of aryl methyl sites for hydroxylation is 3. The number of carbonyl (C=O) groups excluding carboxylic acids is 1. The predicted molar refractivity (Wildman–Crippen MR) is 95.5 cm³/mol. The van der Waals surface area contributed by atoms with Crippen molar-refractivity contribution in [1.82, 2.24) is 20.2 Å². The van der Waals surface area contributed by atoms with Crippen LogP contribution in [0.2, 0.25) is 0 Å². The fourth-order valence-corrected chi connectivity index (χ4v) is 3.28. The lowest BCUT2D eigenvalue weighted by Crippen LogP contribution is -2.19. The maximum absolute atomic E-state index is 12.8. The van der Waals surface area contributed by atoms with Crippen LogP contribution in [0.1, 0.15) is 46.4 Å². The van der Waals surface area contributed by atoms with Crippen LogP contribution < -0.4 is 0 Å². The van der Waals surface area contributed by atoms with Gasteiger partial charge in [0.2, 0.25) is 5.82 Å². The van der Waals surface area contributed by atoms with Gasteiger partial charge in [0.25, 0.3) is 0 Å². The van der Waals surface area contributed by atoms with Gasteiger partial charge in [-0.2, -0.15) is 4.80 Å². The van der Waals surface area contributed by atoms with Crippen molar-refractivity contribution in [3.05, 3.63) is 64.7 Å². The van der Waals surface area contributed by atoms with E-state index in [2.05, 4.69) is 21.5 Å². The van der Waals surface area contributed by atoms with Crippen molar-refractivity contribution in [2.45, 2.75) is 39.2 Å². The molecule has 0 aliphatic heterocycles. The van der Waals surface area contributed by atoms with E-state index in [1.54, 1.807) is 0 Å². The number of tetrazole rings is 1. The highest BCUT2D eigenvalue weighted by atomic mass is 16.1. The summed E-state index contributed by atoms with van der Waals surface area (Å²) < 4.78 is 0. The number of ketones is 1. The van der Waals surface area contributed by atoms with Crippen LogP contribution in [0.3, 0.4) is 0 Å². The molecule has 0 radical (unpaired) electrons. The van der Waals surface area contributed by atoms with E-state index in [9.17, 15) is 4.79 Å². The van der Waals surface area contributed by atoms with E-state index >= 15 is 0 Å². The van der Waals surface area contributed by atoms with Crippen LogP contribution in [0, 0.1) is 6.92 Å². The number of nitrogens with zero attached hydrogens (tertiary/aromatic N) is 4. The molecule has 5 heteroatoms. The van der Waals surface area contributed by atoms with Crippen molar-refractivity contribution in [2.75, 3.05) is 0 Å². The van der Waals surface area contributed by atoms with Crippen LogP contribution in [0.15, 0.2) is 42.5 Å². The Balaban J connectivity index is 1.57. The highest BCUT2D eigenvalue weighted by Gasteiger charge is 2.22. The molecule has 25 heavy (non-hydrogen) atoms. The van der Waals surface area contributed by atoms with E-state index in [0.717, 1.165) is 24.0 Å². The number of aromatic nitrogens is 4. The number of fused-ring (bicyclic) bond motifs is 1. The molecule has 0 spiro atoms. The predicted octanol–water partition coefficient (Wildman–Crippen LogP) is 3.58. The molecule has 0 N–H and O–H groups in total. The van der Waals surface area contributed by atoms with Gasteiger partial charge in [-0.1, -0.05) is 42.0 Å². The van der Waals surface area contributed by atoms with Crippen molar-refractivity contribution in [3.63, 3.8) is 0 Å². The second-order valence-electron chi connectivity index (χ2n) is 6.68. The standard InChI is InChI=1S/C20H20N4O/c1-13-6-8-16(9-7-13)20-21-23-24(22-20)14(2)19(25)18-11-10-15-4-3-5-17(15)12-18/h6-12,14H,3-5H2,1-2H3. The minimum atomic E-state index is -0.480. The van der Waals surface area contributed by atoms with E-state index < -0.39 is 6.04 Å². The third-order valence-corrected chi connectivity index (χ3v) is 4.85. The lowest BCUT2D eigenvalue weighted by molar-refractivity contribution is 0.0918. The molecule has 1 atom stereocenters. The molecule has 0 fully saturated rings. The van der Waals surface area contributed by atoms with Gasteiger partial charge in [-0.3, -0.25) is 4.79 Å². The minimum absolute atomic E-state index is 0.0163. The van der Waals surface area contributed by atoms with Gasteiger partial charge in [0, 0.05) is 11.1 Å². The summed E-state index contributed by atoms with van der Waals surface area (Å²) >= 11 is 0. The van der Waals surface area contributed by atoms with Gasteiger partial charge in [0.1, 0.15) is 6.04 Å². The molecule has 0 saturated carbocycles. The summed E-state index contributed by atoms with van der Waals surface area (Å²) in [6.07, 6.45) is 3.35. The first-order valence-electron chi connectivity index (χ1n) is 8.64. The molecule has 1 aromatic heterocycles. The van der Waals surface area contributed by atoms with Crippen molar-refractivity contribution in [2.24, 2.45) is 0 Å². The normalized spacial score (nSPS) is 14.3. The van der Waals surface area contributed by atoms with Crippen molar-refractivity contribution >= 4 is 5.78 Å². The van der Waals surface area contributed by atoms with Gasteiger partial charge >= 0.3 is 0 Å². The Bertz CT molecular complexity index is 927. The Kier molecular flexibility index (Phi) is 3.92. The molecule has 0 amide bonds. The fraction of sp³-hybridized carbons (Fsp3) is 0.300. The van der Waals surface area contributed by atoms with E-state index in [-0.39, 0.29) is 5.78 Å². The monoisotopic (exact) mass is 332 g/mol. The van der Waals surface area contributed by atoms with Gasteiger partial charge in [-0.15, -0.1) is 10.2 Å². The van der Waals surface area contributed by atoms with Crippen LogP contribution in [-0.4, -0.2) is 26.0 Å². The lowest BCUT2D eigenvalue weighted by atomic mass is 10.0. The quantitative estimate of drug-likeness (QED) is 0.685. The molecule has 5 nitrogen and oxygen atoms in total. The SMILES string of the molecule is Cc1ccc(-c2nnn(C(C)C(=O)c3ccc4c(c3)CCC4)n2)cc1. The van der Waals surface area contributed by atoms with E-state index in [1.807, 2.05) is 50.2 Å². The van der Waals surface area contributed by atoms with Crippen LogP contribution in [0.5, 0.6) is 0 Å². The first kappa shape index (κ1) is 15.7. The van der Waals surface area contributed by atoms with Gasteiger partial charge < -0.3 is 0 Å². The zero-order chi connectivity index (χ0) is 17.4. The molecular weight excluding hydrogens is 312 g/mol. The number of benzene rings is 2. The van der Waals surface area contributed by atoms with Crippen LogP contribution in [0.4, 0.5) is 0 Å². The molecular formula is C20H20N4O. The summed E-state index contributed by atoms with van der Waals surface area (Å²) in [5.41, 5.74) is 5.46. The molecule has 4 rings (SSSR count). The van der Waals surface area contributed by atoms with Gasteiger partial charge in [-0.05, 0) is 55.5 Å². The Morgan fingerprint density at radius 3 is 2.64 bits per heavy atom. The van der Waals surface area contributed by atoms with Gasteiger partial charge in [0.15, 0.2) is 5.78 Å². The Morgan fingerprint density at radius 1 is 1.08 bits per heavy atom. The molecule has 1 aliphatic carbocycles. The van der Waals surface area contributed by atoms with Gasteiger partial charge in [-0.25, -0.2) is 0 Å². The zero-order valence-electron chi connectivity index (χ0n) is 14.4. The van der Waals surface area contributed by atoms with Crippen LogP contribution in [0.25, 0.3) is 11.4 Å². The van der Waals surface area contributed by atoms with Crippen LogP contribution in [-0.2, 0) is 12.8 Å². The molecule has 126 valence electrons. The molecule has 1 unspecified atom stereocenters. The minimum Gasteiger partial charge on any atom is -0.292 e. The van der Waals surface area contributed by atoms with Crippen molar-refractivity contribution in [1.29, 1.82) is 0 Å². The second kappa shape index (κ2) is 6.24. The molecule has 0 saturated heterocycles. The summed E-state index contributed by atoms with van der Waals surface area (Å²) in [7, 11) is 0. The highest BCUT2D eigenvalue weighted by molar-refractivity contribution is 5.98. The van der Waals surface area contributed by atoms with E-state index in [4.69, 9.17) is 0 Å². The van der Waals surface area contributed by atoms with Crippen molar-refractivity contribution in [3.8, 4) is 11.4 Å². The maximum Gasteiger partial charge on any atom is 0.204 e. The Hall–Kier alpha value is -2.82. The average molecular weight is 332 g/mol. The molecule has 3 aromatic rings. The average Bonchev–Trinajstić information content (AvgIpc) is 3.29. The van der Waals surface area contributed by atoms with Gasteiger partial charge in [0.05, 0.1) is 0 Å². The third-order valence-electron chi connectivity index (χ3n) is 4.85. The Labute approximate surface area is 146 Å². The smallest absolute Gasteiger partial charge is 0.204 e. The summed E-state index contributed by atoms with van der Waals surface area (Å²) in [6.45, 7) is 3.85. The van der Waals surface area contributed by atoms with E-state index in [1.165, 1.54) is 27.9 Å². The molecule has 0 bridgehead atoms. The lowest BCUT2D eigenvalue weighted by Gasteiger charge is -2.10. The third kappa shape index (κ3) is 2.97. The number of rotatable bonds is 4. The highest BCUT2D eigenvalue weighted by Crippen LogP contribution is 2.24. The number of Topliss-reactive ketones (excluding diaryl/α,β-unsaturated/α-hetero) is 1. The molecule has 2 aromatic carbocycles. The fourth-order valence-electron chi connectivity index (χ4n) is 3.28. The molecule has 1 aliphatic rings. The summed E-state index contributed by atoms with van der Waals surface area (Å²) in [5.74, 6) is 0.552. The number of hydrogen-bond acceptors (Lipinski definition) is 4. The summed E-state index contributed by atoms with van der Waals surface area (Å²) in [5, 5.41) is 12.6. The largest absolute Gasteiger partial charge is 0.292 e. The first-order chi connectivity index (χ1) is 12.1. The van der Waals surface area contributed by atoms with E-state index in [0.29, 0.717) is 5.82 Å². The second-order valence-corrected chi connectivity index (χ2v) is 6.68. The zero-order valence-corrected chi connectivity index (χ0v) is 14.4. The van der Waals surface area contributed by atoms with Crippen LogP contribution >= 0.6 is 0 Å². The summed E-state index contributed by atoms with van der Waals surface area (Å²) in [6, 6.07) is 13.5. The number of hydrogen-bond donors (Lipinski definition) is 0. The van der Waals surface area contributed by atoms with Crippen molar-refractivity contribution < 1.29 is 4.79 Å².